The molecule has 5 nitrogen and oxygen atoms in total. The van der Waals surface area contributed by atoms with Crippen molar-refractivity contribution in [3.8, 4) is 11.5 Å². The molecule has 140 valence electrons. The van der Waals surface area contributed by atoms with Gasteiger partial charge >= 0.3 is 12.6 Å². The lowest BCUT2D eigenvalue weighted by molar-refractivity contribution is -0.0498. The average molecular weight is 364 g/mol. The predicted molar refractivity (Wildman–Crippen MR) is 94.5 cm³/mol. The molecule has 1 unspecified atom stereocenters. The quantitative estimate of drug-likeness (QED) is 0.736. The standard InChI is InChI=1S/C19H22F2N2O3/c1-3-25-16-10-6-15(7-11-16)13(2)23-19(24)22-12-14-4-8-17(9-5-14)26-18(20)21/h4-11,13,18H,3,12H2,1-2H3,(H2,22,23,24). The van der Waals surface area contributed by atoms with Gasteiger partial charge in [-0.25, -0.2) is 4.79 Å². The van der Waals surface area contributed by atoms with Crippen molar-refractivity contribution in [2.45, 2.75) is 33.0 Å². The lowest BCUT2D eigenvalue weighted by atomic mass is 10.1. The van der Waals surface area contributed by atoms with E-state index in [0.29, 0.717) is 6.61 Å². The average Bonchev–Trinajstić information content (AvgIpc) is 2.61. The minimum atomic E-state index is -2.85. The van der Waals surface area contributed by atoms with Gasteiger partial charge in [0, 0.05) is 6.54 Å². The van der Waals surface area contributed by atoms with Gasteiger partial charge in [0.05, 0.1) is 12.6 Å². The maximum absolute atomic E-state index is 12.1. The van der Waals surface area contributed by atoms with Gasteiger partial charge in [0.2, 0.25) is 0 Å². The van der Waals surface area contributed by atoms with Gasteiger partial charge < -0.3 is 20.1 Å². The summed E-state index contributed by atoms with van der Waals surface area (Å²) in [5, 5.41) is 5.57. The van der Waals surface area contributed by atoms with Crippen molar-refractivity contribution in [1.29, 1.82) is 0 Å². The summed E-state index contributed by atoms with van der Waals surface area (Å²) < 4.78 is 33.9. The summed E-state index contributed by atoms with van der Waals surface area (Å²) in [5.74, 6) is 0.865. The normalized spacial score (nSPS) is 11.7. The summed E-state index contributed by atoms with van der Waals surface area (Å²) in [7, 11) is 0. The number of alkyl halides is 2. The molecule has 0 aliphatic heterocycles. The van der Waals surface area contributed by atoms with Gasteiger partial charge in [-0.05, 0) is 49.2 Å². The van der Waals surface area contributed by atoms with E-state index in [9.17, 15) is 13.6 Å². The number of halogens is 2. The van der Waals surface area contributed by atoms with Crippen molar-refractivity contribution in [2.24, 2.45) is 0 Å². The molecule has 2 N–H and O–H groups in total. The molecule has 0 saturated carbocycles. The van der Waals surface area contributed by atoms with Crippen LogP contribution in [0.15, 0.2) is 48.5 Å². The Kier molecular flexibility index (Phi) is 7.20. The van der Waals surface area contributed by atoms with E-state index in [1.165, 1.54) is 12.1 Å². The third-order valence-electron chi connectivity index (χ3n) is 3.64. The van der Waals surface area contributed by atoms with Crippen LogP contribution >= 0.6 is 0 Å². The highest BCUT2D eigenvalue weighted by molar-refractivity contribution is 5.74. The third kappa shape index (κ3) is 6.23. The highest BCUT2D eigenvalue weighted by atomic mass is 19.3. The molecule has 0 fully saturated rings. The summed E-state index contributed by atoms with van der Waals surface area (Å²) >= 11 is 0. The number of nitrogens with one attached hydrogen (secondary N) is 2. The summed E-state index contributed by atoms with van der Waals surface area (Å²) in [4.78, 5) is 12.0. The Morgan fingerprint density at radius 1 is 1.04 bits per heavy atom. The molecule has 7 heteroatoms. The molecule has 0 bridgehead atoms. The smallest absolute Gasteiger partial charge is 0.387 e. The molecule has 0 saturated heterocycles. The Morgan fingerprint density at radius 3 is 2.23 bits per heavy atom. The lowest BCUT2D eigenvalue weighted by Crippen LogP contribution is -2.36. The zero-order valence-electron chi connectivity index (χ0n) is 14.7. The highest BCUT2D eigenvalue weighted by Gasteiger charge is 2.10. The van der Waals surface area contributed by atoms with E-state index in [4.69, 9.17) is 4.74 Å². The number of ether oxygens (including phenoxy) is 2. The van der Waals surface area contributed by atoms with E-state index >= 15 is 0 Å². The fraction of sp³-hybridized carbons (Fsp3) is 0.316. The number of rotatable bonds is 8. The first-order chi connectivity index (χ1) is 12.5. The van der Waals surface area contributed by atoms with Crippen LogP contribution in [0, 0.1) is 0 Å². The van der Waals surface area contributed by atoms with Crippen LogP contribution < -0.4 is 20.1 Å². The van der Waals surface area contributed by atoms with Gasteiger partial charge in [0.25, 0.3) is 0 Å². The number of amides is 2. The zero-order chi connectivity index (χ0) is 18.9. The topological polar surface area (TPSA) is 59.6 Å². The maximum Gasteiger partial charge on any atom is 0.387 e. The fourth-order valence-electron chi connectivity index (χ4n) is 2.32. The number of hydrogen-bond acceptors (Lipinski definition) is 3. The van der Waals surface area contributed by atoms with Crippen LogP contribution in [0.1, 0.15) is 31.0 Å². The van der Waals surface area contributed by atoms with E-state index in [1.807, 2.05) is 38.1 Å². The minimum Gasteiger partial charge on any atom is -0.494 e. The van der Waals surface area contributed by atoms with E-state index < -0.39 is 6.61 Å². The molecule has 0 spiro atoms. The molecule has 0 heterocycles. The Bertz CT molecular complexity index is 691. The fourth-order valence-corrected chi connectivity index (χ4v) is 2.32. The van der Waals surface area contributed by atoms with Crippen LogP contribution in [-0.4, -0.2) is 19.2 Å². The molecule has 2 amide bonds. The first-order valence-corrected chi connectivity index (χ1v) is 8.28. The van der Waals surface area contributed by atoms with E-state index in [0.717, 1.165) is 16.9 Å². The van der Waals surface area contributed by atoms with Crippen molar-refractivity contribution >= 4 is 6.03 Å². The molecule has 1 atom stereocenters. The molecule has 2 aromatic carbocycles. The van der Waals surface area contributed by atoms with E-state index in [-0.39, 0.29) is 24.4 Å². The molecule has 0 radical (unpaired) electrons. The number of benzene rings is 2. The second-order valence-electron chi connectivity index (χ2n) is 5.57. The number of carbonyl (C=O) groups is 1. The Morgan fingerprint density at radius 2 is 1.65 bits per heavy atom. The van der Waals surface area contributed by atoms with Crippen LogP contribution in [0.25, 0.3) is 0 Å². The SMILES string of the molecule is CCOc1ccc(C(C)NC(=O)NCc2ccc(OC(F)F)cc2)cc1. The highest BCUT2D eigenvalue weighted by Crippen LogP contribution is 2.18. The number of carbonyl (C=O) groups excluding carboxylic acids is 1. The van der Waals surface area contributed by atoms with Gasteiger partial charge in [-0.3, -0.25) is 0 Å². The van der Waals surface area contributed by atoms with Gasteiger partial charge in [0.15, 0.2) is 0 Å². The van der Waals surface area contributed by atoms with Crippen molar-refractivity contribution in [1.82, 2.24) is 10.6 Å². The number of hydrogen-bond donors (Lipinski definition) is 2. The molecule has 26 heavy (non-hydrogen) atoms. The Hall–Kier alpha value is -2.83. The van der Waals surface area contributed by atoms with Crippen molar-refractivity contribution < 1.29 is 23.0 Å². The first kappa shape index (κ1) is 19.5. The van der Waals surface area contributed by atoms with Crippen molar-refractivity contribution in [2.75, 3.05) is 6.61 Å². The van der Waals surface area contributed by atoms with E-state index in [1.54, 1.807) is 12.1 Å². The summed E-state index contributed by atoms with van der Waals surface area (Å²) in [6.45, 7) is 1.82. The lowest BCUT2D eigenvalue weighted by Gasteiger charge is -2.16. The van der Waals surface area contributed by atoms with Gasteiger partial charge in [0.1, 0.15) is 11.5 Å². The summed E-state index contributed by atoms with van der Waals surface area (Å²) in [5.41, 5.74) is 1.73. The molecular weight excluding hydrogens is 342 g/mol. The van der Waals surface area contributed by atoms with Crippen LogP contribution in [0.2, 0.25) is 0 Å². The van der Waals surface area contributed by atoms with Gasteiger partial charge in [-0.15, -0.1) is 0 Å². The molecular formula is C19H22F2N2O3. The molecule has 0 aliphatic rings. The molecule has 2 aromatic rings. The number of urea groups is 1. The van der Waals surface area contributed by atoms with Crippen LogP contribution in [-0.2, 0) is 6.54 Å². The second-order valence-corrected chi connectivity index (χ2v) is 5.57. The van der Waals surface area contributed by atoms with Crippen LogP contribution in [0.5, 0.6) is 11.5 Å². The zero-order valence-corrected chi connectivity index (χ0v) is 14.7. The van der Waals surface area contributed by atoms with Crippen LogP contribution in [0.3, 0.4) is 0 Å². The molecule has 0 aliphatic carbocycles. The largest absolute Gasteiger partial charge is 0.494 e. The monoisotopic (exact) mass is 364 g/mol. The Balaban J connectivity index is 1.80. The van der Waals surface area contributed by atoms with Crippen molar-refractivity contribution in [3.05, 3.63) is 59.7 Å². The van der Waals surface area contributed by atoms with Gasteiger partial charge in [-0.1, -0.05) is 24.3 Å². The van der Waals surface area contributed by atoms with Gasteiger partial charge in [-0.2, -0.15) is 8.78 Å². The summed E-state index contributed by atoms with van der Waals surface area (Å²) in [6.07, 6.45) is 0. The Labute approximate surface area is 151 Å². The summed E-state index contributed by atoms with van der Waals surface area (Å²) in [6, 6.07) is 13.1. The molecule has 2 rings (SSSR count). The van der Waals surface area contributed by atoms with E-state index in [2.05, 4.69) is 15.4 Å². The van der Waals surface area contributed by atoms with Crippen LogP contribution in [0.4, 0.5) is 13.6 Å². The minimum absolute atomic E-state index is 0.0809. The molecule has 0 aromatic heterocycles. The van der Waals surface area contributed by atoms with Crippen molar-refractivity contribution in [3.63, 3.8) is 0 Å². The maximum atomic E-state index is 12.1. The second kappa shape index (κ2) is 9.60. The predicted octanol–water partition coefficient (Wildman–Crippen LogP) is 4.25. The first-order valence-electron chi connectivity index (χ1n) is 8.28. The third-order valence-corrected chi connectivity index (χ3v) is 3.64.